The number of guanidine groups is 1. The molecule has 0 aliphatic heterocycles. The molecule has 136 valence electrons. The first-order valence-corrected chi connectivity index (χ1v) is 8.50. The Bertz CT molecular complexity index is 524. The van der Waals surface area contributed by atoms with Crippen LogP contribution in [0.2, 0.25) is 0 Å². The smallest absolute Gasteiger partial charge is 0.195 e. The lowest BCUT2D eigenvalue weighted by molar-refractivity contribution is 0.311. The Labute approximate surface area is 146 Å². The number of benzene rings is 1. The lowest BCUT2D eigenvalue weighted by atomic mass is 10.1. The van der Waals surface area contributed by atoms with E-state index in [0.29, 0.717) is 13.2 Å². The average molecular weight is 336 g/mol. The topological polar surface area (TPSA) is 66.9 Å². The summed E-state index contributed by atoms with van der Waals surface area (Å²) in [5, 5.41) is 9.98. The van der Waals surface area contributed by atoms with Gasteiger partial charge < -0.3 is 25.4 Å². The third kappa shape index (κ3) is 7.55. The molecule has 3 N–H and O–H groups in total. The number of anilines is 1. The summed E-state index contributed by atoms with van der Waals surface area (Å²) in [6.45, 7) is 13.3. The van der Waals surface area contributed by atoms with Gasteiger partial charge >= 0.3 is 0 Å². The Hall–Kier alpha value is -1.95. The Morgan fingerprint density at radius 2 is 1.92 bits per heavy atom. The third-order valence-corrected chi connectivity index (χ3v) is 3.11. The molecule has 0 radical (unpaired) electrons. The molecule has 0 unspecified atom stereocenters. The van der Waals surface area contributed by atoms with Gasteiger partial charge in [0, 0.05) is 30.4 Å². The quantitative estimate of drug-likeness (QED) is 0.387. The molecule has 1 aromatic rings. The van der Waals surface area contributed by atoms with E-state index in [0.717, 1.165) is 36.2 Å². The van der Waals surface area contributed by atoms with Crippen LogP contribution in [0.1, 0.15) is 34.6 Å². The molecule has 1 aromatic carbocycles. The normalized spacial score (nSPS) is 12.0. The maximum Gasteiger partial charge on any atom is 0.195 e. The fraction of sp³-hybridized carbons (Fsp3) is 0.611. The van der Waals surface area contributed by atoms with Crippen molar-refractivity contribution in [3.8, 4) is 11.5 Å². The molecular formula is C18H32N4O2. The predicted molar refractivity (Wildman–Crippen MR) is 102 cm³/mol. The molecule has 6 heteroatoms. The van der Waals surface area contributed by atoms with Gasteiger partial charge in [-0.1, -0.05) is 0 Å². The molecule has 0 bridgehead atoms. The van der Waals surface area contributed by atoms with Gasteiger partial charge in [-0.2, -0.15) is 0 Å². The highest BCUT2D eigenvalue weighted by atomic mass is 16.5. The summed E-state index contributed by atoms with van der Waals surface area (Å²) < 4.78 is 10.9. The lowest BCUT2D eigenvalue weighted by Gasteiger charge is -2.20. The zero-order valence-electron chi connectivity index (χ0n) is 15.8. The van der Waals surface area contributed by atoms with Crippen LogP contribution in [0.15, 0.2) is 23.2 Å². The van der Waals surface area contributed by atoms with Crippen LogP contribution < -0.4 is 25.4 Å². The SMILES string of the molecule is CCNC(=NCCNC(C)(C)C)Nc1ccc(OC)c(OCC)c1. The minimum Gasteiger partial charge on any atom is -0.493 e. The number of rotatable bonds is 8. The van der Waals surface area contributed by atoms with E-state index >= 15 is 0 Å². The molecule has 0 aromatic heterocycles. The number of aliphatic imine (C=N–C) groups is 1. The van der Waals surface area contributed by atoms with E-state index in [-0.39, 0.29) is 5.54 Å². The molecule has 24 heavy (non-hydrogen) atoms. The monoisotopic (exact) mass is 336 g/mol. The van der Waals surface area contributed by atoms with Crippen molar-refractivity contribution >= 4 is 11.6 Å². The molecule has 1 rings (SSSR count). The van der Waals surface area contributed by atoms with Crippen LogP contribution in [0.3, 0.4) is 0 Å². The lowest BCUT2D eigenvalue weighted by Crippen LogP contribution is -2.38. The molecule has 0 amide bonds. The Morgan fingerprint density at radius 3 is 2.50 bits per heavy atom. The van der Waals surface area contributed by atoms with Gasteiger partial charge in [0.25, 0.3) is 0 Å². The molecule has 0 heterocycles. The summed E-state index contributed by atoms with van der Waals surface area (Å²) in [7, 11) is 1.64. The van der Waals surface area contributed by atoms with Gasteiger partial charge in [0.05, 0.1) is 20.3 Å². The van der Waals surface area contributed by atoms with Gasteiger partial charge in [0.2, 0.25) is 0 Å². The van der Waals surface area contributed by atoms with E-state index in [1.807, 2.05) is 32.0 Å². The first kappa shape index (κ1) is 20.1. The van der Waals surface area contributed by atoms with Gasteiger partial charge in [0.1, 0.15) is 0 Å². The van der Waals surface area contributed by atoms with Gasteiger partial charge in [0.15, 0.2) is 17.5 Å². The summed E-state index contributed by atoms with van der Waals surface area (Å²) in [5.41, 5.74) is 1.01. The van der Waals surface area contributed by atoms with Crippen molar-refractivity contribution in [2.24, 2.45) is 4.99 Å². The zero-order valence-corrected chi connectivity index (χ0v) is 15.8. The number of nitrogens with one attached hydrogen (secondary N) is 3. The van der Waals surface area contributed by atoms with Crippen LogP contribution in [0.4, 0.5) is 5.69 Å². The summed E-state index contributed by atoms with van der Waals surface area (Å²) >= 11 is 0. The molecular weight excluding hydrogens is 304 g/mol. The van der Waals surface area contributed by atoms with Crippen molar-refractivity contribution in [3.63, 3.8) is 0 Å². The predicted octanol–water partition coefficient (Wildman–Crippen LogP) is 2.86. The number of nitrogens with zero attached hydrogens (tertiary/aromatic N) is 1. The Kier molecular flexibility index (Phi) is 8.40. The first-order chi connectivity index (χ1) is 11.4. The zero-order chi connectivity index (χ0) is 18.0. The second-order valence-corrected chi connectivity index (χ2v) is 6.36. The van der Waals surface area contributed by atoms with E-state index in [2.05, 4.69) is 41.7 Å². The fourth-order valence-electron chi connectivity index (χ4n) is 2.07. The highest BCUT2D eigenvalue weighted by molar-refractivity contribution is 5.93. The second kappa shape index (κ2) is 10.0. The summed E-state index contributed by atoms with van der Waals surface area (Å²) in [6.07, 6.45) is 0. The molecule has 0 fully saturated rings. The van der Waals surface area contributed by atoms with E-state index in [1.165, 1.54) is 0 Å². The molecule has 0 aliphatic rings. The van der Waals surface area contributed by atoms with Crippen LogP contribution in [-0.4, -0.2) is 44.8 Å². The minimum absolute atomic E-state index is 0.101. The van der Waals surface area contributed by atoms with Crippen LogP contribution in [0.5, 0.6) is 11.5 Å². The van der Waals surface area contributed by atoms with Gasteiger partial charge in [-0.3, -0.25) is 4.99 Å². The minimum atomic E-state index is 0.101. The van der Waals surface area contributed by atoms with Crippen LogP contribution in [-0.2, 0) is 0 Å². The number of ether oxygens (including phenoxy) is 2. The van der Waals surface area contributed by atoms with E-state index in [9.17, 15) is 0 Å². The summed E-state index contributed by atoms with van der Waals surface area (Å²) in [4.78, 5) is 4.59. The third-order valence-electron chi connectivity index (χ3n) is 3.11. The molecule has 0 atom stereocenters. The second-order valence-electron chi connectivity index (χ2n) is 6.36. The average Bonchev–Trinajstić information content (AvgIpc) is 2.51. The van der Waals surface area contributed by atoms with Crippen molar-refractivity contribution < 1.29 is 9.47 Å². The summed E-state index contributed by atoms with van der Waals surface area (Å²) in [6, 6.07) is 5.75. The van der Waals surface area contributed by atoms with Crippen LogP contribution in [0.25, 0.3) is 0 Å². The molecule has 0 saturated carbocycles. The van der Waals surface area contributed by atoms with Crippen molar-refractivity contribution in [3.05, 3.63) is 18.2 Å². The van der Waals surface area contributed by atoms with E-state index in [1.54, 1.807) is 7.11 Å². The standard InChI is InChI=1S/C18H32N4O2/c1-7-19-17(20-11-12-21-18(3,4)5)22-14-9-10-15(23-6)16(13-14)24-8-2/h9-10,13,21H,7-8,11-12H2,1-6H3,(H2,19,20,22). The Morgan fingerprint density at radius 1 is 1.17 bits per heavy atom. The highest BCUT2D eigenvalue weighted by Gasteiger charge is 2.08. The van der Waals surface area contributed by atoms with E-state index < -0.39 is 0 Å². The molecule has 0 aliphatic carbocycles. The van der Waals surface area contributed by atoms with Crippen molar-refractivity contribution in [2.75, 3.05) is 38.7 Å². The fourth-order valence-corrected chi connectivity index (χ4v) is 2.07. The molecule has 0 spiro atoms. The maximum atomic E-state index is 5.61. The molecule has 6 nitrogen and oxygen atoms in total. The van der Waals surface area contributed by atoms with Crippen LogP contribution >= 0.6 is 0 Å². The van der Waals surface area contributed by atoms with Crippen molar-refractivity contribution in [1.82, 2.24) is 10.6 Å². The number of hydrogen-bond donors (Lipinski definition) is 3. The van der Waals surface area contributed by atoms with Gasteiger partial charge in [-0.25, -0.2) is 0 Å². The number of hydrogen-bond acceptors (Lipinski definition) is 4. The Balaban J connectivity index is 2.75. The number of methoxy groups -OCH3 is 1. The summed E-state index contributed by atoms with van der Waals surface area (Å²) in [5.74, 6) is 2.19. The first-order valence-electron chi connectivity index (χ1n) is 8.50. The highest BCUT2D eigenvalue weighted by Crippen LogP contribution is 2.30. The maximum absolute atomic E-state index is 5.61. The van der Waals surface area contributed by atoms with Crippen LogP contribution in [0, 0.1) is 0 Å². The largest absolute Gasteiger partial charge is 0.493 e. The van der Waals surface area contributed by atoms with Gasteiger partial charge in [-0.05, 0) is 46.8 Å². The van der Waals surface area contributed by atoms with Gasteiger partial charge in [-0.15, -0.1) is 0 Å². The van der Waals surface area contributed by atoms with E-state index in [4.69, 9.17) is 9.47 Å². The molecule has 0 saturated heterocycles. The van der Waals surface area contributed by atoms with Crippen molar-refractivity contribution in [2.45, 2.75) is 40.2 Å². The van der Waals surface area contributed by atoms with Crippen molar-refractivity contribution in [1.29, 1.82) is 0 Å².